The monoisotopic (exact) mass is 314 g/mol. The van der Waals surface area contributed by atoms with E-state index >= 15 is 0 Å². The van der Waals surface area contributed by atoms with E-state index in [1.807, 2.05) is 12.1 Å². The number of hydrogen-bond acceptors (Lipinski definition) is 7. The fourth-order valence-corrected chi connectivity index (χ4v) is 3.15. The first-order chi connectivity index (χ1) is 11.3. The second-order valence-electron chi connectivity index (χ2n) is 6.55. The van der Waals surface area contributed by atoms with Crippen LogP contribution in [0.5, 0.6) is 0 Å². The largest absolute Gasteiger partial charge is 0.424 e. The van der Waals surface area contributed by atoms with Gasteiger partial charge in [0.1, 0.15) is 0 Å². The molecule has 1 atom stereocenters. The van der Waals surface area contributed by atoms with Crippen molar-refractivity contribution in [2.75, 3.05) is 25.0 Å². The molecule has 2 fully saturated rings. The summed E-state index contributed by atoms with van der Waals surface area (Å²) in [7, 11) is 2.13. The predicted octanol–water partition coefficient (Wildman–Crippen LogP) is 1.84. The number of nitrogens with zero attached hydrogens (tertiary/aromatic N) is 6. The Hall–Kier alpha value is -2.02. The number of likely N-dealkylation sites (N-methyl/N-ethyl adjacent to an activating group) is 1. The minimum atomic E-state index is 0.460. The maximum absolute atomic E-state index is 5.78. The van der Waals surface area contributed by atoms with E-state index in [9.17, 15) is 0 Å². The molecule has 0 spiro atoms. The zero-order valence-corrected chi connectivity index (χ0v) is 13.4. The molecule has 2 aliphatic rings. The molecule has 1 saturated carbocycles. The van der Waals surface area contributed by atoms with E-state index in [1.165, 1.54) is 19.3 Å². The van der Waals surface area contributed by atoms with Crippen LogP contribution in [0, 0.1) is 0 Å². The second kappa shape index (κ2) is 6.23. The molecule has 23 heavy (non-hydrogen) atoms. The summed E-state index contributed by atoms with van der Waals surface area (Å²) >= 11 is 0. The Morgan fingerprint density at radius 2 is 2.17 bits per heavy atom. The minimum absolute atomic E-state index is 0.460. The van der Waals surface area contributed by atoms with E-state index in [2.05, 4.69) is 37.2 Å². The van der Waals surface area contributed by atoms with Crippen molar-refractivity contribution in [3.8, 4) is 0 Å². The molecule has 4 rings (SSSR count). The summed E-state index contributed by atoms with van der Waals surface area (Å²) in [5.74, 6) is 3.02. The maximum atomic E-state index is 5.78. The molecule has 1 aliphatic heterocycles. The van der Waals surface area contributed by atoms with Gasteiger partial charge in [0, 0.05) is 31.2 Å². The number of anilines is 1. The van der Waals surface area contributed by atoms with E-state index in [-0.39, 0.29) is 0 Å². The highest BCUT2D eigenvalue weighted by Gasteiger charge is 2.30. The Kier molecular flexibility index (Phi) is 3.95. The van der Waals surface area contributed by atoms with Crippen molar-refractivity contribution in [3.05, 3.63) is 30.1 Å². The lowest BCUT2D eigenvalue weighted by molar-refractivity contribution is 0.189. The van der Waals surface area contributed by atoms with E-state index < -0.39 is 0 Å². The van der Waals surface area contributed by atoms with Crippen LogP contribution < -0.4 is 4.90 Å². The van der Waals surface area contributed by atoms with Gasteiger partial charge in [-0.1, -0.05) is 0 Å². The Bertz CT molecular complexity index is 641. The van der Waals surface area contributed by atoms with Gasteiger partial charge in [-0.25, -0.2) is 0 Å². The Morgan fingerprint density at radius 1 is 1.26 bits per heavy atom. The SMILES string of the molecule is CN(Cc1nnc(C2CC2)o1)[C@H]1CCCN(c2cccnn2)C1. The van der Waals surface area contributed by atoms with Gasteiger partial charge in [-0.3, -0.25) is 4.90 Å². The topological polar surface area (TPSA) is 71.2 Å². The van der Waals surface area contributed by atoms with E-state index in [1.54, 1.807) is 6.20 Å². The molecular formula is C16H22N6O. The van der Waals surface area contributed by atoms with Crippen LogP contribution in [0.2, 0.25) is 0 Å². The summed E-state index contributed by atoms with van der Waals surface area (Å²) in [6.45, 7) is 2.70. The molecule has 0 unspecified atom stereocenters. The molecule has 2 aromatic heterocycles. The molecule has 122 valence electrons. The third kappa shape index (κ3) is 3.34. The van der Waals surface area contributed by atoms with Crippen molar-refractivity contribution in [3.63, 3.8) is 0 Å². The third-order valence-corrected chi connectivity index (χ3v) is 4.70. The second-order valence-corrected chi connectivity index (χ2v) is 6.55. The van der Waals surface area contributed by atoms with Gasteiger partial charge in [0.05, 0.1) is 6.54 Å². The van der Waals surface area contributed by atoms with Crippen LogP contribution >= 0.6 is 0 Å². The molecule has 7 nitrogen and oxygen atoms in total. The molecule has 0 radical (unpaired) electrons. The average Bonchev–Trinajstić information content (AvgIpc) is 3.36. The number of aromatic nitrogens is 4. The first kappa shape index (κ1) is 14.6. The van der Waals surface area contributed by atoms with Crippen LogP contribution in [0.15, 0.2) is 22.7 Å². The smallest absolute Gasteiger partial charge is 0.230 e. The summed E-state index contributed by atoms with van der Waals surface area (Å²) in [6.07, 6.45) is 6.42. The first-order valence-corrected chi connectivity index (χ1v) is 8.35. The van der Waals surface area contributed by atoms with Crippen LogP contribution in [0.25, 0.3) is 0 Å². The lowest BCUT2D eigenvalue weighted by atomic mass is 10.0. The lowest BCUT2D eigenvalue weighted by Gasteiger charge is -2.37. The average molecular weight is 314 g/mol. The van der Waals surface area contributed by atoms with Crippen LogP contribution in [0.3, 0.4) is 0 Å². The molecule has 0 amide bonds. The summed E-state index contributed by atoms with van der Waals surface area (Å²) in [6, 6.07) is 4.42. The number of piperidine rings is 1. The van der Waals surface area contributed by atoms with Gasteiger partial charge in [-0.05, 0) is 44.9 Å². The van der Waals surface area contributed by atoms with Crippen molar-refractivity contribution in [1.82, 2.24) is 25.3 Å². The normalized spacial score (nSPS) is 21.8. The van der Waals surface area contributed by atoms with Crippen LogP contribution in [0.1, 0.15) is 43.4 Å². The molecule has 0 aromatic carbocycles. The van der Waals surface area contributed by atoms with Gasteiger partial charge >= 0.3 is 0 Å². The Labute approximate surface area is 135 Å². The van der Waals surface area contributed by atoms with Gasteiger partial charge in [0.15, 0.2) is 5.82 Å². The molecule has 2 aromatic rings. The zero-order chi connectivity index (χ0) is 15.6. The maximum Gasteiger partial charge on any atom is 0.230 e. The van der Waals surface area contributed by atoms with Crippen molar-refractivity contribution in [2.45, 2.75) is 44.2 Å². The molecule has 7 heteroatoms. The fourth-order valence-electron chi connectivity index (χ4n) is 3.15. The molecule has 1 aliphatic carbocycles. The number of rotatable bonds is 5. The van der Waals surface area contributed by atoms with Gasteiger partial charge in [0.25, 0.3) is 0 Å². The van der Waals surface area contributed by atoms with Gasteiger partial charge in [0.2, 0.25) is 11.8 Å². The van der Waals surface area contributed by atoms with Gasteiger partial charge in [-0.15, -0.1) is 15.3 Å². The summed E-state index contributed by atoms with van der Waals surface area (Å²) in [5, 5.41) is 16.6. The summed E-state index contributed by atoms with van der Waals surface area (Å²) in [4.78, 5) is 4.62. The molecule has 0 bridgehead atoms. The van der Waals surface area contributed by atoms with E-state index in [4.69, 9.17) is 4.42 Å². The quantitative estimate of drug-likeness (QED) is 0.834. The first-order valence-electron chi connectivity index (χ1n) is 8.35. The summed E-state index contributed by atoms with van der Waals surface area (Å²) in [5.41, 5.74) is 0. The molecular weight excluding hydrogens is 292 g/mol. The zero-order valence-electron chi connectivity index (χ0n) is 13.4. The lowest BCUT2D eigenvalue weighted by Crippen LogP contribution is -2.46. The highest BCUT2D eigenvalue weighted by Crippen LogP contribution is 2.39. The number of hydrogen-bond donors (Lipinski definition) is 0. The predicted molar refractivity (Wildman–Crippen MR) is 85.0 cm³/mol. The van der Waals surface area contributed by atoms with E-state index in [0.29, 0.717) is 18.5 Å². The van der Waals surface area contributed by atoms with Crippen LogP contribution in [-0.4, -0.2) is 51.5 Å². The van der Waals surface area contributed by atoms with Crippen LogP contribution in [-0.2, 0) is 6.54 Å². The Morgan fingerprint density at radius 3 is 2.96 bits per heavy atom. The van der Waals surface area contributed by atoms with Gasteiger partial charge < -0.3 is 9.32 Å². The van der Waals surface area contributed by atoms with Crippen molar-refractivity contribution < 1.29 is 4.42 Å². The standard InChI is InChI=1S/C16H22N6O/c1-21(11-15-19-20-16(23-15)12-6-7-12)13-4-3-9-22(10-13)14-5-2-8-17-18-14/h2,5,8,12-13H,3-4,6-7,9-11H2,1H3/t13-/m0/s1. The summed E-state index contributed by atoms with van der Waals surface area (Å²) < 4.78 is 5.78. The van der Waals surface area contributed by atoms with Gasteiger partial charge in [-0.2, -0.15) is 5.10 Å². The minimum Gasteiger partial charge on any atom is -0.424 e. The molecule has 1 saturated heterocycles. The van der Waals surface area contributed by atoms with Crippen LogP contribution in [0.4, 0.5) is 5.82 Å². The highest BCUT2D eigenvalue weighted by atomic mass is 16.4. The van der Waals surface area contributed by atoms with Crippen molar-refractivity contribution in [1.29, 1.82) is 0 Å². The molecule has 3 heterocycles. The fraction of sp³-hybridized carbons (Fsp3) is 0.625. The van der Waals surface area contributed by atoms with E-state index in [0.717, 1.165) is 37.1 Å². The molecule has 0 N–H and O–H groups in total. The Balaban J connectivity index is 1.38. The van der Waals surface area contributed by atoms with Crippen molar-refractivity contribution >= 4 is 5.82 Å². The highest BCUT2D eigenvalue weighted by molar-refractivity contribution is 5.37. The van der Waals surface area contributed by atoms with Crippen molar-refractivity contribution in [2.24, 2.45) is 0 Å². The third-order valence-electron chi connectivity index (χ3n) is 4.70.